The van der Waals surface area contributed by atoms with E-state index in [0.29, 0.717) is 6.04 Å². The van der Waals surface area contributed by atoms with Gasteiger partial charge in [-0.15, -0.1) is 11.8 Å². The van der Waals surface area contributed by atoms with Gasteiger partial charge in [0.1, 0.15) is 0 Å². The van der Waals surface area contributed by atoms with Gasteiger partial charge in [0.15, 0.2) is 0 Å². The third-order valence-electron chi connectivity index (χ3n) is 3.07. The van der Waals surface area contributed by atoms with Crippen LogP contribution in [0, 0.1) is 5.92 Å². The Morgan fingerprint density at radius 3 is 2.29 bits per heavy atom. The van der Waals surface area contributed by atoms with Gasteiger partial charge in [-0.25, -0.2) is 0 Å². The van der Waals surface area contributed by atoms with Crippen LogP contribution in [0.3, 0.4) is 0 Å². The number of rotatable bonds is 7. The first-order valence-electron chi connectivity index (χ1n) is 6.29. The van der Waals surface area contributed by atoms with Crippen molar-refractivity contribution in [2.24, 2.45) is 11.7 Å². The standard InChI is InChI=1S/C14H22BrNS/c1-3-11(4-2)9-13(16)10-17-14-7-5-12(15)6-8-14/h5-8,11,13H,3-4,9-10,16H2,1-2H3. The number of nitrogens with two attached hydrogens (primary N) is 1. The largest absolute Gasteiger partial charge is 0.327 e. The summed E-state index contributed by atoms with van der Waals surface area (Å²) in [6.07, 6.45) is 3.64. The molecule has 1 unspecified atom stereocenters. The van der Waals surface area contributed by atoms with Crippen LogP contribution in [0.5, 0.6) is 0 Å². The lowest BCUT2D eigenvalue weighted by Crippen LogP contribution is -2.25. The van der Waals surface area contributed by atoms with Crippen molar-refractivity contribution in [2.75, 3.05) is 5.75 Å². The number of hydrogen-bond donors (Lipinski definition) is 1. The van der Waals surface area contributed by atoms with Crippen LogP contribution in [0.1, 0.15) is 33.1 Å². The summed E-state index contributed by atoms with van der Waals surface area (Å²) in [5.41, 5.74) is 6.17. The highest BCUT2D eigenvalue weighted by atomic mass is 79.9. The van der Waals surface area contributed by atoms with Crippen LogP contribution in [0.15, 0.2) is 33.6 Å². The summed E-state index contributed by atoms with van der Waals surface area (Å²) < 4.78 is 1.13. The molecule has 1 nitrogen and oxygen atoms in total. The Hall–Kier alpha value is 0.01000. The quantitative estimate of drug-likeness (QED) is 0.738. The number of hydrogen-bond acceptors (Lipinski definition) is 2. The first-order chi connectivity index (χ1) is 8.15. The Kier molecular flexibility index (Phi) is 7.24. The zero-order valence-corrected chi connectivity index (χ0v) is 13.1. The lowest BCUT2D eigenvalue weighted by atomic mass is 9.96. The lowest BCUT2D eigenvalue weighted by molar-refractivity contribution is 0.424. The summed E-state index contributed by atoms with van der Waals surface area (Å²) in [4.78, 5) is 1.30. The molecule has 17 heavy (non-hydrogen) atoms. The Morgan fingerprint density at radius 1 is 1.18 bits per heavy atom. The Labute approximate surface area is 118 Å². The molecule has 0 aromatic heterocycles. The SMILES string of the molecule is CCC(CC)CC(N)CSc1ccc(Br)cc1. The van der Waals surface area contributed by atoms with Crippen molar-refractivity contribution in [3.63, 3.8) is 0 Å². The second kappa shape index (κ2) is 8.17. The van der Waals surface area contributed by atoms with Crippen LogP contribution >= 0.6 is 27.7 Å². The zero-order valence-electron chi connectivity index (χ0n) is 10.7. The van der Waals surface area contributed by atoms with Crippen molar-refractivity contribution in [3.8, 4) is 0 Å². The Balaban J connectivity index is 2.32. The summed E-state index contributed by atoms with van der Waals surface area (Å²) >= 11 is 5.30. The minimum atomic E-state index is 0.313. The van der Waals surface area contributed by atoms with Gasteiger partial charge in [0.2, 0.25) is 0 Å². The monoisotopic (exact) mass is 315 g/mol. The molecule has 0 saturated carbocycles. The highest BCUT2D eigenvalue weighted by Gasteiger charge is 2.10. The molecule has 0 aliphatic rings. The molecule has 0 radical (unpaired) electrons. The summed E-state index contributed by atoms with van der Waals surface area (Å²) in [6, 6.07) is 8.74. The fourth-order valence-electron chi connectivity index (χ4n) is 1.85. The first-order valence-corrected chi connectivity index (χ1v) is 8.07. The fraction of sp³-hybridized carbons (Fsp3) is 0.571. The molecule has 3 heteroatoms. The smallest absolute Gasteiger partial charge is 0.0176 e. The maximum Gasteiger partial charge on any atom is 0.0176 e. The van der Waals surface area contributed by atoms with E-state index in [1.54, 1.807) is 0 Å². The van der Waals surface area contributed by atoms with Gasteiger partial charge >= 0.3 is 0 Å². The Morgan fingerprint density at radius 2 is 1.76 bits per heavy atom. The van der Waals surface area contributed by atoms with E-state index in [-0.39, 0.29) is 0 Å². The molecule has 96 valence electrons. The molecule has 1 atom stereocenters. The number of benzene rings is 1. The molecule has 2 N–H and O–H groups in total. The van der Waals surface area contributed by atoms with Crippen molar-refractivity contribution in [2.45, 2.75) is 44.0 Å². The van der Waals surface area contributed by atoms with Gasteiger partial charge in [-0.1, -0.05) is 42.6 Å². The van der Waals surface area contributed by atoms with E-state index in [4.69, 9.17) is 5.73 Å². The molecule has 0 aliphatic carbocycles. The average molecular weight is 316 g/mol. The van der Waals surface area contributed by atoms with Crippen molar-refractivity contribution in [1.82, 2.24) is 0 Å². The summed E-state index contributed by atoms with van der Waals surface area (Å²) in [5, 5.41) is 0. The van der Waals surface area contributed by atoms with Crippen LogP contribution < -0.4 is 5.73 Å². The molecule has 0 spiro atoms. The zero-order chi connectivity index (χ0) is 12.7. The molecular formula is C14H22BrNS. The van der Waals surface area contributed by atoms with E-state index in [0.717, 1.165) is 22.6 Å². The Bertz CT molecular complexity index is 309. The van der Waals surface area contributed by atoms with Crippen molar-refractivity contribution >= 4 is 27.7 Å². The minimum absolute atomic E-state index is 0.313. The summed E-state index contributed by atoms with van der Waals surface area (Å²) in [6.45, 7) is 4.51. The van der Waals surface area contributed by atoms with Crippen molar-refractivity contribution < 1.29 is 0 Å². The minimum Gasteiger partial charge on any atom is -0.327 e. The van der Waals surface area contributed by atoms with E-state index in [1.807, 2.05) is 11.8 Å². The molecule has 0 fully saturated rings. The van der Waals surface area contributed by atoms with E-state index in [2.05, 4.69) is 54.0 Å². The second-order valence-electron chi connectivity index (χ2n) is 4.44. The maximum atomic E-state index is 6.17. The van der Waals surface area contributed by atoms with Gasteiger partial charge in [0.25, 0.3) is 0 Å². The van der Waals surface area contributed by atoms with Crippen LogP contribution in [0.25, 0.3) is 0 Å². The lowest BCUT2D eigenvalue weighted by Gasteiger charge is -2.17. The van der Waals surface area contributed by atoms with Gasteiger partial charge in [-0.05, 0) is 36.6 Å². The average Bonchev–Trinajstić information content (AvgIpc) is 2.35. The second-order valence-corrected chi connectivity index (χ2v) is 6.45. The summed E-state index contributed by atoms with van der Waals surface area (Å²) in [5.74, 6) is 1.80. The van der Waals surface area contributed by atoms with Crippen LogP contribution in [0.2, 0.25) is 0 Å². The van der Waals surface area contributed by atoms with Crippen LogP contribution in [0.4, 0.5) is 0 Å². The molecular weight excluding hydrogens is 294 g/mol. The van der Waals surface area contributed by atoms with Gasteiger partial charge in [-0.3, -0.25) is 0 Å². The third kappa shape index (κ3) is 5.94. The first kappa shape index (κ1) is 15.1. The van der Waals surface area contributed by atoms with Gasteiger partial charge in [0.05, 0.1) is 0 Å². The highest BCUT2D eigenvalue weighted by molar-refractivity contribution is 9.10. The predicted octanol–water partition coefficient (Wildman–Crippen LogP) is 4.69. The molecule has 0 amide bonds. The van der Waals surface area contributed by atoms with Gasteiger partial charge in [0, 0.05) is 21.2 Å². The number of thioether (sulfide) groups is 1. The number of halogens is 1. The van der Waals surface area contributed by atoms with E-state index < -0.39 is 0 Å². The fourth-order valence-corrected chi connectivity index (χ4v) is 2.99. The highest BCUT2D eigenvalue weighted by Crippen LogP contribution is 2.23. The maximum absolute atomic E-state index is 6.17. The van der Waals surface area contributed by atoms with Crippen LogP contribution in [-0.2, 0) is 0 Å². The molecule has 1 aromatic carbocycles. The normalized spacial score (nSPS) is 13.0. The summed E-state index contributed by atoms with van der Waals surface area (Å²) in [7, 11) is 0. The van der Waals surface area contributed by atoms with Gasteiger partial charge < -0.3 is 5.73 Å². The van der Waals surface area contributed by atoms with Crippen molar-refractivity contribution in [3.05, 3.63) is 28.7 Å². The van der Waals surface area contributed by atoms with E-state index >= 15 is 0 Å². The van der Waals surface area contributed by atoms with Crippen molar-refractivity contribution in [1.29, 1.82) is 0 Å². The van der Waals surface area contributed by atoms with E-state index in [1.165, 1.54) is 17.7 Å². The molecule has 1 aromatic rings. The third-order valence-corrected chi connectivity index (χ3v) is 4.80. The molecule has 0 aliphatic heterocycles. The molecule has 0 bridgehead atoms. The van der Waals surface area contributed by atoms with E-state index in [9.17, 15) is 0 Å². The predicted molar refractivity (Wildman–Crippen MR) is 81.5 cm³/mol. The topological polar surface area (TPSA) is 26.0 Å². The van der Waals surface area contributed by atoms with Crippen LogP contribution in [-0.4, -0.2) is 11.8 Å². The molecule has 0 saturated heterocycles. The molecule has 1 rings (SSSR count). The molecule has 0 heterocycles. The van der Waals surface area contributed by atoms with Gasteiger partial charge in [-0.2, -0.15) is 0 Å².